The van der Waals surface area contributed by atoms with Gasteiger partial charge < -0.3 is 8.74 Å². The maximum atomic E-state index is 13.2. The Balaban J connectivity index is 0.00000541. The Morgan fingerprint density at radius 3 is 1.87 bits per heavy atom. The van der Waals surface area contributed by atoms with Crippen LogP contribution in [0.3, 0.4) is 0 Å². The summed E-state index contributed by atoms with van der Waals surface area (Å²) >= 11 is 6.20. The topological polar surface area (TPSA) is 183 Å². The van der Waals surface area contributed by atoms with Crippen LogP contribution >= 0.6 is 11.6 Å². The van der Waals surface area contributed by atoms with Crippen LogP contribution in [-0.2, 0) is 25.0 Å². The zero-order valence-electron chi connectivity index (χ0n) is 28.7. The van der Waals surface area contributed by atoms with Crippen LogP contribution in [0.4, 0.5) is 22.7 Å². The maximum Gasteiger partial charge on any atom is 1.00 e. The molecule has 1 heterocycles. The van der Waals surface area contributed by atoms with Gasteiger partial charge in [0.25, 0.3) is 5.91 Å². The van der Waals surface area contributed by atoms with E-state index in [1.165, 1.54) is 30.3 Å². The molecule has 0 bridgehead atoms. The van der Waals surface area contributed by atoms with Crippen molar-refractivity contribution < 1.29 is 59.9 Å². The molecule has 13 nitrogen and oxygen atoms in total. The fraction of sp³-hybridized carbons (Fsp3) is 0.111. The van der Waals surface area contributed by atoms with Crippen LogP contribution in [0.5, 0.6) is 5.75 Å². The summed E-state index contributed by atoms with van der Waals surface area (Å²) in [5.74, 6) is -0.454. The quantitative estimate of drug-likeness (QED) is 0.0766. The van der Waals surface area contributed by atoms with Crippen molar-refractivity contribution in [1.82, 2.24) is 0 Å². The Labute approximate surface area is 333 Å². The summed E-state index contributed by atoms with van der Waals surface area (Å²) in [6.07, 6.45) is 0. The first kappa shape index (κ1) is 39.6. The smallest absolute Gasteiger partial charge is 0.744 e. The number of halogens is 1. The van der Waals surface area contributed by atoms with Crippen molar-refractivity contribution in [3.05, 3.63) is 125 Å². The third kappa shape index (κ3) is 9.13. The van der Waals surface area contributed by atoms with Gasteiger partial charge in [-0.3, -0.25) is 4.79 Å². The van der Waals surface area contributed by atoms with Gasteiger partial charge in [0.2, 0.25) is 0 Å². The molecule has 6 rings (SSSR count). The van der Waals surface area contributed by atoms with E-state index in [2.05, 4.69) is 25.6 Å². The molecule has 0 N–H and O–H groups in total. The van der Waals surface area contributed by atoms with E-state index < -0.39 is 37.1 Å². The Morgan fingerprint density at radius 2 is 1.28 bits per heavy atom. The second-order valence-electron chi connectivity index (χ2n) is 11.6. The number of benzene rings is 5. The number of hydrazone groups is 1. The molecule has 5 aromatic carbocycles. The van der Waals surface area contributed by atoms with Crippen LogP contribution in [0.25, 0.3) is 11.1 Å². The molecule has 1 atom stereocenters. The predicted molar refractivity (Wildman–Crippen MR) is 195 cm³/mol. The summed E-state index contributed by atoms with van der Waals surface area (Å²) in [4.78, 5) is 12.7. The van der Waals surface area contributed by atoms with Gasteiger partial charge in [0.15, 0.2) is 6.04 Å². The molecule has 264 valence electrons. The SMILES string of the molecule is CC1=NN(c2cc(S(=O)(=O)[O-])ccc2Cl)C(=O)C1N=Nc1ccc(-c2ccc(N=Nc3ccc(OS(=O)(=O)c4ccccc4)cc3)cc2C)c(C)c1.[Na+]. The Morgan fingerprint density at radius 1 is 0.717 bits per heavy atom. The number of azo groups is 2. The standard InChI is InChI=1S/C36H29ClN6O7S2.Na/c1-22-19-26(39-38-25-9-13-28(14-10-25)50-52(48,49)29-7-5-4-6-8-29)11-16-31(22)32-17-12-27(20-23(32)2)40-41-35-24(3)42-43(36(35)44)34-21-30(51(45,46)47)15-18-33(34)37;/h4-21,35H,1-3H3,(H,45,46,47);/q;+1/p-1. The molecule has 1 aliphatic rings. The van der Waals surface area contributed by atoms with Crippen molar-refractivity contribution >= 4 is 66.2 Å². The molecule has 1 aliphatic heterocycles. The molecule has 0 aliphatic carbocycles. The number of aryl methyl sites for hydroxylation is 2. The molecule has 1 amide bonds. The summed E-state index contributed by atoms with van der Waals surface area (Å²) in [5, 5.41) is 22.2. The van der Waals surface area contributed by atoms with Crippen molar-refractivity contribution in [2.45, 2.75) is 36.6 Å². The zero-order chi connectivity index (χ0) is 37.2. The van der Waals surface area contributed by atoms with Gasteiger partial charge in [0.05, 0.1) is 38.4 Å². The van der Waals surface area contributed by atoms with Crippen molar-refractivity contribution in [3.8, 4) is 16.9 Å². The van der Waals surface area contributed by atoms with E-state index in [0.29, 0.717) is 22.8 Å². The number of anilines is 1. The van der Waals surface area contributed by atoms with Gasteiger partial charge in [0, 0.05) is 0 Å². The molecule has 0 spiro atoms. The largest absolute Gasteiger partial charge is 1.00 e. The fourth-order valence-corrected chi connectivity index (χ4v) is 6.91. The molecule has 1 unspecified atom stereocenters. The van der Waals surface area contributed by atoms with Crippen molar-refractivity contribution in [2.24, 2.45) is 25.6 Å². The average molecular weight is 779 g/mol. The van der Waals surface area contributed by atoms with Gasteiger partial charge in [-0.25, -0.2) is 8.42 Å². The predicted octanol–water partition coefficient (Wildman–Crippen LogP) is 5.59. The molecule has 0 fully saturated rings. The summed E-state index contributed by atoms with van der Waals surface area (Å²) in [6.45, 7) is 5.46. The fourth-order valence-electron chi connectivity index (χ4n) is 5.27. The van der Waals surface area contributed by atoms with Crippen LogP contribution in [0.2, 0.25) is 5.02 Å². The molecular formula is C36H28ClN6NaO7S2. The molecule has 0 radical (unpaired) electrons. The van der Waals surface area contributed by atoms with Gasteiger partial charge in [-0.1, -0.05) is 41.9 Å². The van der Waals surface area contributed by atoms with Crippen molar-refractivity contribution in [3.63, 3.8) is 0 Å². The van der Waals surface area contributed by atoms with Crippen molar-refractivity contribution in [1.29, 1.82) is 0 Å². The van der Waals surface area contributed by atoms with Gasteiger partial charge in [0.1, 0.15) is 20.8 Å². The van der Waals surface area contributed by atoms with E-state index in [1.54, 1.807) is 43.3 Å². The monoisotopic (exact) mass is 778 g/mol. The number of carbonyl (C=O) groups excluding carboxylic acids is 1. The first-order chi connectivity index (χ1) is 24.7. The number of hydrogen-bond donors (Lipinski definition) is 0. The zero-order valence-corrected chi connectivity index (χ0v) is 33.1. The number of rotatable bonds is 10. The Kier molecular flexibility index (Phi) is 12.1. The first-order valence-electron chi connectivity index (χ1n) is 15.5. The first-order valence-corrected chi connectivity index (χ1v) is 18.7. The summed E-state index contributed by atoms with van der Waals surface area (Å²) in [6, 6.07) is 27.4. The van der Waals surface area contributed by atoms with E-state index in [0.717, 1.165) is 39.4 Å². The number of amides is 1. The van der Waals surface area contributed by atoms with E-state index >= 15 is 0 Å². The van der Waals surface area contributed by atoms with Gasteiger partial charge >= 0.3 is 39.7 Å². The minimum Gasteiger partial charge on any atom is -0.744 e. The van der Waals surface area contributed by atoms with E-state index in [1.807, 2.05) is 44.2 Å². The number of hydrogen-bond acceptors (Lipinski definition) is 12. The molecule has 0 saturated heterocycles. The molecular weight excluding hydrogens is 751 g/mol. The normalized spacial score (nSPS) is 14.8. The van der Waals surface area contributed by atoms with E-state index in [9.17, 15) is 26.2 Å². The second-order valence-corrected chi connectivity index (χ2v) is 15.0. The van der Waals surface area contributed by atoms with Crippen LogP contribution in [-0.4, -0.2) is 39.0 Å². The van der Waals surface area contributed by atoms with E-state index in [4.69, 9.17) is 15.8 Å². The minimum atomic E-state index is -4.78. The average Bonchev–Trinajstić information content (AvgIpc) is 3.39. The van der Waals surface area contributed by atoms with Crippen molar-refractivity contribution in [2.75, 3.05) is 5.01 Å². The summed E-state index contributed by atoms with van der Waals surface area (Å²) in [7, 11) is -8.74. The molecule has 17 heteroatoms. The minimum absolute atomic E-state index is 0. The van der Waals surface area contributed by atoms with E-state index in [-0.39, 0.29) is 50.9 Å². The Hall–Kier alpha value is -4.61. The van der Waals surface area contributed by atoms with Crippen LogP contribution in [0, 0.1) is 13.8 Å². The summed E-state index contributed by atoms with van der Waals surface area (Å²) in [5.41, 5.74) is 5.63. The van der Waals surface area contributed by atoms with Gasteiger partial charge in [-0.2, -0.15) is 39.0 Å². The number of nitrogens with zero attached hydrogens (tertiary/aromatic N) is 6. The van der Waals surface area contributed by atoms with Crippen LogP contribution < -0.4 is 38.7 Å². The number of carbonyl (C=O) groups is 1. The molecule has 5 aromatic rings. The van der Waals surface area contributed by atoms with Gasteiger partial charge in [-0.05, 0) is 122 Å². The molecule has 0 saturated carbocycles. The molecule has 0 aromatic heterocycles. The maximum absolute atomic E-state index is 13.2. The third-order valence-electron chi connectivity index (χ3n) is 7.88. The van der Waals surface area contributed by atoms with Crippen LogP contribution in [0.15, 0.2) is 145 Å². The Bertz CT molecular complexity index is 2520. The van der Waals surface area contributed by atoms with Gasteiger partial charge in [-0.15, -0.1) is 0 Å². The van der Waals surface area contributed by atoms with Crippen LogP contribution in [0.1, 0.15) is 18.1 Å². The third-order valence-corrected chi connectivity index (χ3v) is 10.3. The molecule has 53 heavy (non-hydrogen) atoms. The second kappa shape index (κ2) is 16.2. The summed E-state index contributed by atoms with van der Waals surface area (Å²) < 4.78 is 64.7.